The molecule has 0 bridgehead atoms. The minimum Gasteiger partial charge on any atom is -0.393 e. The van der Waals surface area contributed by atoms with Gasteiger partial charge in [0.2, 0.25) is 5.91 Å². The minimum absolute atomic E-state index is 0.117. The van der Waals surface area contributed by atoms with Crippen molar-refractivity contribution < 1.29 is 14.7 Å². The van der Waals surface area contributed by atoms with E-state index >= 15 is 0 Å². The number of hydrogen-bond donors (Lipinski definition) is 1. The van der Waals surface area contributed by atoms with Gasteiger partial charge in [0.05, 0.1) is 19.3 Å². The molecule has 1 N–H and O–H groups in total. The summed E-state index contributed by atoms with van der Waals surface area (Å²) in [7, 11) is 0. The lowest BCUT2D eigenvalue weighted by atomic mass is 9.47. The Balaban J connectivity index is 1.25. The Morgan fingerprint density at radius 2 is 2.03 bits per heavy atom. The van der Waals surface area contributed by atoms with Gasteiger partial charge < -0.3 is 5.11 Å². The summed E-state index contributed by atoms with van der Waals surface area (Å²) < 4.78 is 0. The lowest BCUT2D eigenvalue weighted by Crippen LogP contribution is -2.50. The number of carbonyl (C=O) groups is 1. The fourth-order valence-electron chi connectivity index (χ4n) is 9.07. The smallest absolute Gasteiger partial charge is 0.246 e. The SMILES string of the molecule is C[C@H]1CON(C(=O)CC[C@@H](C)[C@H]2CC[C@H]3[C@@H]4CC=C5C[C@@H](O)CC[C@]5(C)[C@H]4CC[C@]23C)C1. The molecule has 0 radical (unpaired) electrons. The zero-order valence-electron chi connectivity index (χ0n) is 20.8. The maximum Gasteiger partial charge on any atom is 0.246 e. The number of nitrogens with zero attached hydrogens (tertiary/aromatic N) is 1. The molecule has 9 atom stereocenters. The second kappa shape index (κ2) is 8.41. The van der Waals surface area contributed by atoms with Crippen LogP contribution in [0.15, 0.2) is 11.6 Å². The van der Waals surface area contributed by atoms with Gasteiger partial charge in [-0.05, 0) is 98.2 Å². The second-order valence-electron chi connectivity index (χ2n) is 12.8. The highest BCUT2D eigenvalue weighted by Crippen LogP contribution is 2.67. The Morgan fingerprint density at radius 3 is 2.78 bits per heavy atom. The first-order valence-electron chi connectivity index (χ1n) is 13.5. The molecular formula is C28H45NO3. The lowest BCUT2D eigenvalue weighted by molar-refractivity contribution is -0.169. The second-order valence-corrected chi connectivity index (χ2v) is 12.8. The van der Waals surface area contributed by atoms with Crippen LogP contribution in [0.25, 0.3) is 0 Å². The van der Waals surface area contributed by atoms with Gasteiger partial charge in [-0.25, -0.2) is 5.06 Å². The number of hydrogen-bond acceptors (Lipinski definition) is 3. The topological polar surface area (TPSA) is 49.8 Å². The van der Waals surface area contributed by atoms with Crippen LogP contribution in [-0.2, 0) is 9.63 Å². The fourth-order valence-corrected chi connectivity index (χ4v) is 9.07. The number of amides is 1. The Hall–Kier alpha value is -0.870. The highest BCUT2D eigenvalue weighted by molar-refractivity contribution is 5.75. The number of carbonyl (C=O) groups excluding carboxylic acids is 1. The summed E-state index contributed by atoms with van der Waals surface area (Å²) in [6.45, 7) is 11.1. The van der Waals surface area contributed by atoms with Crippen LogP contribution in [0.4, 0.5) is 0 Å². The van der Waals surface area contributed by atoms with Crippen molar-refractivity contribution in [3.63, 3.8) is 0 Å². The summed E-state index contributed by atoms with van der Waals surface area (Å²) in [4.78, 5) is 18.2. The van der Waals surface area contributed by atoms with Crippen molar-refractivity contribution in [2.45, 2.75) is 98.0 Å². The predicted octanol–water partition coefficient (Wildman–Crippen LogP) is 5.75. The molecular weight excluding hydrogens is 398 g/mol. The van der Waals surface area contributed by atoms with Crippen LogP contribution in [0.3, 0.4) is 0 Å². The lowest BCUT2D eigenvalue weighted by Gasteiger charge is -2.58. The van der Waals surface area contributed by atoms with Gasteiger partial charge >= 0.3 is 0 Å². The normalized spacial score (nSPS) is 46.8. The third kappa shape index (κ3) is 3.68. The van der Waals surface area contributed by atoms with Crippen molar-refractivity contribution in [3.05, 3.63) is 11.6 Å². The van der Waals surface area contributed by atoms with Crippen LogP contribution >= 0.6 is 0 Å². The minimum atomic E-state index is -0.117. The number of aliphatic hydroxyl groups is 1. The van der Waals surface area contributed by atoms with E-state index in [1.165, 1.54) is 38.5 Å². The molecule has 0 unspecified atom stereocenters. The predicted molar refractivity (Wildman–Crippen MR) is 126 cm³/mol. The average Bonchev–Trinajstić information content (AvgIpc) is 3.35. The molecule has 180 valence electrons. The Labute approximate surface area is 195 Å². The Morgan fingerprint density at radius 1 is 1.22 bits per heavy atom. The fraction of sp³-hybridized carbons (Fsp3) is 0.893. The Kier molecular flexibility index (Phi) is 6.02. The first-order chi connectivity index (χ1) is 15.2. The van der Waals surface area contributed by atoms with Crippen molar-refractivity contribution in [2.24, 2.45) is 46.3 Å². The van der Waals surface area contributed by atoms with E-state index in [1.807, 2.05) is 0 Å². The molecule has 4 heteroatoms. The molecule has 4 aliphatic carbocycles. The highest BCUT2D eigenvalue weighted by Gasteiger charge is 2.59. The largest absolute Gasteiger partial charge is 0.393 e. The summed E-state index contributed by atoms with van der Waals surface area (Å²) in [6.07, 6.45) is 13.7. The van der Waals surface area contributed by atoms with Gasteiger partial charge in [-0.1, -0.05) is 39.3 Å². The zero-order chi connectivity index (χ0) is 22.7. The van der Waals surface area contributed by atoms with E-state index in [0.29, 0.717) is 35.7 Å². The van der Waals surface area contributed by atoms with Crippen LogP contribution < -0.4 is 0 Å². The maximum atomic E-state index is 12.6. The summed E-state index contributed by atoms with van der Waals surface area (Å²) >= 11 is 0. The van der Waals surface area contributed by atoms with E-state index in [0.717, 1.165) is 49.5 Å². The molecule has 0 aromatic carbocycles. The van der Waals surface area contributed by atoms with Crippen molar-refractivity contribution in [3.8, 4) is 0 Å². The van der Waals surface area contributed by atoms with Crippen LogP contribution in [0.2, 0.25) is 0 Å². The summed E-state index contributed by atoms with van der Waals surface area (Å²) in [5.74, 6) is 4.43. The van der Waals surface area contributed by atoms with Gasteiger partial charge in [-0.3, -0.25) is 9.63 Å². The third-order valence-electron chi connectivity index (χ3n) is 10.9. The molecule has 1 aliphatic heterocycles. The van der Waals surface area contributed by atoms with Gasteiger partial charge in [-0.2, -0.15) is 0 Å². The van der Waals surface area contributed by atoms with E-state index < -0.39 is 0 Å². The summed E-state index contributed by atoms with van der Waals surface area (Å²) in [5, 5.41) is 11.9. The number of aliphatic hydroxyl groups excluding tert-OH is 1. The third-order valence-corrected chi connectivity index (χ3v) is 10.9. The van der Waals surface area contributed by atoms with Gasteiger partial charge in [-0.15, -0.1) is 0 Å². The van der Waals surface area contributed by atoms with Crippen molar-refractivity contribution in [2.75, 3.05) is 13.2 Å². The Bertz CT molecular complexity index is 764. The molecule has 0 aromatic rings. The first-order valence-corrected chi connectivity index (χ1v) is 13.5. The van der Waals surface area contributed by atoms with Crippen molar-refractivity contribution in [1.82, 2.24) is 5.06 Å². The number of allylic oxidation sites excluding steroid dienone is 1. The van der Waals surface area contributed by atoms with Gasteiger partial charge in [0.1, 0.15) is 0 Å². The summed E-state index contributed by atoms with van der Waals surface area (Å²) in [5.41, 5.74) is 2.32. The molecule has 5 aliphatic rings. The molecule has 4 nitrogen and oxygen atoms in total. The molecule has 1 heterocycles. The monoisotopic (exact) mass is 443 g/mol. The van der Waals surface area contributed by atoms with Gasteiger partial charge in [0.15, 0.2) is 0 Å². The van der Waals surface area contributed by atoms with E-state index in [-0.39, 0.29) is 12.0 Å². The van der Waals surface area contributed by atoms with E-state index in [4.69, 9.17) is 4.84 Å². The molecule has 0 aromatic heterocycles. The van der Waals surface area contributed by atoms with Gasteiger partial charge in [0.25, 0.3) is 0 Å². The molecule has 32 heavy (non-hydrogen) atoms. The number of rotatable bonds is 4. The van der Waals surface area contributed by atoms with Crippen molar-refractivity contribution >= 4 is 5.91 Å². The van der Waals surface area contributed by atoms with Crippen molar-refractivity contribution in [1.29, 1.82) is 0 Å². The molecule has 1 amide bonds. The maximum absolute atomic E-state index is 12.6. The molecule has 3 saturated carbocycles. The number of hydroxylamine groups is 2. The summed E-state index contributed by atoms with van der Waals surface area (Å²) in [6, 6.07) is 0. The quantitative estimate of drug-likeness (QED) is 0.563. The van der Waals surface area contributed by atoms with E-state index in [9.17, 15) is 9.90 Å². The van der Waals surface area contributed by atoms with E-state index in [2.05, 4.69) is 33.8 Å². The highest BCUT2D eigenvalue weighted by atomic mass is 16.7. The van der Waals surface area contributed by atoms with E-state index in [1.54, 1.807) is 10.6 Å². The van der Waals surface area contributed by atoms with Crippen LogP contribution in [0.1, 0.15) is 91.9 Å². The van der Waals surface area contributed by atoms with Crippen LogP contribution in [0.5, 0.6) is 0 Å². The molecule has 4 fully saturated rings. The molecule has 1 saturated heterocycles. The average molecular weight is 444 g/mol. The zero-order valence-corrected chi connectivity index (χ0v) is 20.8. The standard InChI is InChI=1S/C28H45NO3/c1-18-16-29(32-17-18)26(31)10-5-19(2)23-8-9-24-22-7-6-20-15-21(30)11-13-27(20,3)25(22)12-14-28(23,24)4/h6,18-19,21-25,30H,5,7-17H2,1-4H3/t18-,19-,21+,22+,23-,24+,25+,27+,28-/m1/s1. The molecule has 0 spiro atoms. The van der Waals surface area contributed by atoms with Gasteiger partial charge in [0, 0.05) is 12.3 Å². The molecule has 5 rings (SSSR count). The number of fused-ring (bicyclic) bond motifs is 5. The first kappa shape index (κ1) is 22.9. The van der Waals surface area contributed by atoms with Crippen LogP contribution in [0, 0.1) is 46.3 Å². The van der Waals surface area contributed by atoms with Crippen LogP contribution in [-0.4, -0.2) is 35.3 Å².